The van der Waals surface area contributed by atoms with Crippen molar-refractivity contribution in [1.29, 1.82) is 0 Å². The van der Waals surface area contributed by atoms with Crippen LogP contribution in [0, 0.1) is 6.92 Å². The zero-order valence-corrected chi connectivity index (χ0v) is 14.6. The van der Waals surface area contributed by atoms with Gasteiger partial charge in [0.15, 0.2) is 0 Å². The Bertz CT molecular complexity index is 708. The van der Waals surface area contributed by atoms with Gasteiger partial charge in [0, 0.05) is 5.69 Å². The number of anilines is 1. The highest BCUT2D eigenvalue weighted by Gasteiger charge is 1.96. The first-order valence-corrected chi connectivity index (χ1v) is 8.32. The minimum atomic E-state index is -4.67. The number of hydrogen-bond donors (Lipinski definition) is 4. The molecule has 8 nitrogen and oxygen atoms in total. The van der Waals surface area contributed by atoms with Crippen molar-refractivity contribution < 1.29 is 32.2 Å². The molecule has 4 N–H and O–H groups in total. The number of benzene rings is 2. The minimum absolute atomic E-state index is 0.0771. The average Bonchev–Trinajstić information content (AvgIpc) is 2.53. The first-order chi connectivity index (χ1) is 11.6. The quantitative estimate of drug-likeness (QED) is 0.603. The Balaban J connectivity index is 0.000000401. The smallest absolute Gasteiger partial charge is 0.394 e. The summed E-state index contributed by atoms with van der Waals surface area (Å²) in [6.07, 6.45) is 0. The standard InChI is InChI=1S/C9H11NO3.C7H8.H2O4S/c1-13-8-4-2-7(3-5-8)10-6-9(11)12;1-7-5-3-2-4-6-7;1-5(2,3)4/h2-5,10H,6H2,1H3,(H,11,12);2-6H,1H3;(H2,1,2,3,4). The number of aliphatic carboxylic acids is 1. The molecule has 0 fully saturated rings. The van der Waals surface area contributed by atoms with Crippen molar-refractivity contribution in [2.75, 3.05) is 19.0 Å². The van der Waals surface area contributed by atoms with Gasteiger partial charge in [-0.1, -0.05) is 35.9 Å². The number of carboxylic acid groups (broad SMARTS) is 1. The predicted molar refractivity (Wildman–Crippen MR) is 94.5 cm³/mol. The van der Waals surface area contributed by atoms with E-state index in [4.69, 9.17) is 27.4 Å². The van der Waals surface area contributed by atoms with Gasteiger partial charge in [-0.05, 0) is 31.2 Å². The summed E-state index contributed by atoms with van der Waals surface area (Å²) in [4.78, 5) is 10.2. The third-order valence-electron chi connectivity index (χ3n) is 2.47. The van der Waals surface area contributed by atoms with Crippen LogP contribution >= 0.6 is 0 Å². The molecule has 2 rings (SSSR count). The summed E-state index contributed by atoms with van der Waals surface area (Å²) < 4.78 is 36.5. The van der Waals surface area contributed by atoms with Crippen molar-refractivity contribution in [2.45, 2.75) is 6.92 Å². The Hall–Kier alpha value is -2.62. The molecule has 0 saturated carbocycles. The van der Waals surface area contributed by atoms with Crippen LogP contribution < -0.4 is 10.1 Å². The molecule has 0 aliphatic rings. The molecule has 0 bridgehead atoms. The maximum atomic E-state index is 10.2. The first kappa shape index (κ1) is 22.4. The number of aryl methyl sites for hydroxylation is 1. The van der Waals surface area contributed by atoms with Crippen LogP contribution in [-0.4, -0.2) is 42.3 Å². The summed E-state index contributed by atoms with van der Waals surface area (Å²) in [6.45, 7) is 2.01. The maximum Gasteiger partial charge on any atom is 0.394 e. The molecule has 25 heavy (non-hydrogen) atoms. The van der Waals surface area contributed by atoms with E-state index in [9.17, 15) is 4.79 Å². The van der Waals surface area contributed by atoms with Gasteiger partial charge in [0.25, 0.3) is 0 Å². The van der Waals surface area contributed by atoms with Gasteiger partial charge in [-0.2, -0.15) is 8.42 Å². The number of methoxy groups -OCH3 is 1. The third kappa shape index (κ3) is 16.0. The Morgan fingerprint density at radius 2 is 1.52 bits per heavy atom. The van der Waals surface area contributed by atoms with Crippen LogP contribution in [0.3, 0.4) is 0 Å². The molecular formula is C16H21NO7S. The van der Waals surface area contributed by atoms with Crippen LogP contribution in [0.1, 0.15) is 5.56 Å². The van der Waals surface area contributed by atoms with Crippen LogP contribution in [0.4, 0.5) is 5.69 Å². The van der Waals surface area contributed by atoms with E-state index in [-0.39, 0.29) is 6.54 Å². The van der Waals surface area contributed by atoms with E-state index in [1.165, 1.54) is 5.56 Å². The third-order valence-corrected chi connectivity index (χ3v) is 2.47. The molecule has 2 aromatic rings. The molecule has 0 atom stereocenters. The Morgan fingerprint density at radius 1 is 1.04 bits per heavy atom. The fourth-order valence-corrected chi connectivity index (χ4v) is 1.42. The Kier molecular flexibility index (Phi) is 10.6. The lowest BCUT2D eigenvalue weighted by atomic mass is 10.2. The molecule has 138 valence electrons. The van der Waals surface area contributed by atoms with E-state index in [1.54, 1.807) is 31.4 Å². The lowest BCUT2D eigenvalue weighted by Gasteiger charge is -2.03. The first-order valence-electron chi connectivity index (χ1n) is 6.93. The van der Waals surface area contributed by atoms with Crippen LogP contribution in [0.2, 0.25) is 0 Å². The van der Waals surface area contributed by atoms with Crippen LogP contribution in [0.5, 0.6) is 5.75 Å². The van der Waals surface area contributed by atoms with E-state index in [1.807, 2.05) is 18.2 Å². The summed E-state index contributed by atoms with van der Waals surface area (Å²) in [5.41, 5.74) is 2.09. The van der Waals surface area contributed by atoms with E-state index in [0.717, 1.165) is 11.4 Å². The SMILES string of the molecule is COc1ccc(NCC(=O)O)cc1.Cc1ccccc1.O=S(=O)(O)O. The molecule has 0 aliphatic carbocycles. The van der Waals surface area contributed by atoms with Gasteiger partial charge in [0.05, 0.1) is 7.11 Å². The molecule has 0 amide bonds. The Labute approximate surface area is 146 Å². The van der Waals surface area contributed by atoms with Gasteiger partial charge in [0.1, 0.15) is 12.3 Å². The summed E-state index contributed by atoms with van der Waals surface area (Å²) in [5, 5.41) is 11.1. The number of ether oxygens (including phenoxy) is 1. The van der Waals surface area contributed by atoms with Crippen LogP contribution in [0.25, 0.3) is 0 Å². The average molecular weight is 371 g/mol. The van der Waals surface area contributed by atoms with Gasteiger partial charge >= 0.3 is 16.4 Å². The van der Waals surface area contributed by atoms with E-state index in [2.05, 4.69) is 24.4 Å². The lowest BCUT2D eigenvalue weighted by molar-refractivity contribution is -0.134. The van der Waals surface area contributed by atoms with Gasteiger partial charge < -0.3 is 15.2 Å². The van der Waals surface area contributed by atoms with Gasteiger partial charge in [-0.3, -0.25) is 13.9 Å². The monoisotopic (exact) mass is 371 g/mol. The van der Waals surface area contributed by atoms with Crippen LogP contribution in [0.15, 0.2) is 54.6 Å². The molecule has 0 saturated heterocycles. The maximum absolute atomic E-state index is 10.2. The van der Waals surface area contributed by atoms with Crippen molar-refractivity contribution in [1.82, 2.24) is 0 Å². The zero-order chi connectivity index (χ0) is 19.3. The van der Waals surface area contributed by atoms with Crippen molar-refractivity contribution in [3.63, 3.8) is 0 Å². The molecule has 0 heterocycles. The molecule has 0 aliphatic heterocycles. The lowest BCUT2D eigenvalue weighted by Crippen LogP contribution is -2.11. The summed E-state index contributed by atoms with van der Waals surface area (Å²) in [5.74, 6) is -0.128. The molecule has 0 spiro atoms. The summed E-state index contributed by atoms with van der Waals surface area (Å²) in [6, 6.07) is 17.3. The molecule has 9 heteroatoms. The van der Waals surface area contributed by atoms with E-state index < -0.39 is 16.4 Å². The second-order valence-electron chi connectivity index (χ2n) is 4.58. The topological polar surface area (TPSA) is 133 Å². The normalized spacial score (nSPS) is 9.60. The summed E-state index contributed by atoms with van der Waals surface area (Å²) >= 11 is 0. The fraction of sp³-hybridized carbons (Fsp3) is 0.188. The van der Waals surface area contributed by atoms with Gasteiger partial charge in [0.2, 0.25) is 0 Å². The highest BCUT2D eigenvalue weighted by Crippen LogP contribution is 2.14. The van der Waals surface area contributed by atoms with Gasteiger partial charge in [-0.25, -0.2) is 0 Å². The largest absolute Gasteiger partial charge is 0.497 e. The number of nitrogens with one attached hydrogen (secondary N) is 1. The number of rotatable bonds is 4. The second-order valence-corrected chi connectivity index (χ2v) is 5.47. The molecular weight excluding hydrogens is 350 g/mol. The van der Waals surface area contributed by atoms with Crippen molar-refractivity contribution >= 4 is 22.1 Å². The van der Waals surface area contributed by atoms with Crippen molar-refractivity contribution in [3.05, 3.63) is 60.2 Å². The molecule has 0 radical (unpaired) electrons. The summed E-state index contributed by atoms with van der Waals surface area (Å²) in [7, 11) is -3.08. The predicted octanol–water partition coefficient (Wildman–Crippen LogP) is 2.53. The zero-order valence-electron chi connectivity index (χ0n) is 13.8. The van der Waals surface area contributed by atoms with Gasteiger partial charge in [-0.15, -0.1) is 0 Å². The number of hydrogen-bond acceptors (Lipinski definition) is 5. The van der Waals surface area contributed by atoms with Crippen molar-refractivity contribution in [3.8, 4) is 5.75 Å². The van der Waals surface area contributed by atoms with E-state index >= 15 is 0 Å². The second kappa shape index (κ2) is 11.8. The number of carboxylic acids is 1. The van der Waals surface area contributed by atoms with Crippen molar-refractivity contribution in [2.24, 2.45) is 0 Å². The molecule has 0 unspecified atom stereocenters. The Morgan fingerprint density at radius 3 is 1.84 bits per heavy atom. The fourth-order valence-electron chi connectivity index (χ4n) is 1.42. The van der Waals surface area contributed by atoms with E-state index in [0.29, 0.717) is 0 Å². The molecule has 2 aromatic carbocycles. The highest BCUT2D eigenvalue weighted by atomic mass is 32.3. The highest BCUT2D eigenvalue weighted by molar-refractivity contribution is 7.79. The van der Waals surface area contributed by atoms with Crippen LogP contribution in [-0.2, 0) is 15.2 Å². The minimum Gasteiger partial charge on any atom is -0.497 e. The molecule has 0 aromatic heterocycles. The number of carbonyl (C=O) groups is 1.